The first-order valence-electron chi connectivity index (χ1n) is 7.19. The van der Waals surface area contributed by atoms with E-state index in [0.29, 0.717) is 16.5 Å². The fourth-order valence-corrected chi connectivity index (χ4v) is 4.15. The number of ether oxygens (including phenoxy) is 1. The van der Waals surface area contributed by atoms with Gasteiger partial charge in [0, 0.05) is 17.5 Å². The van der Waals surface area contributed by atoms with Crippen LogP contribution in [0.25, 0.3) is 0 Å². The second kappa shape index (κ2) is 6.48. The summed E-state index contributed by atoms with van der Waals surface area (Å²) in [4.78, 5) is 0. The Bertz CT molecular complexity index is 462. The van der Waals surface area contributed by atoms with Crippen LogP contribution in [0.5, 0.6) is 5.75 Å². The molecule has 1 fully saturated rings. The molecule has 1 atom stereocenters. The SMILES string of the molecule is CC(C)Oc1ccc(NC2CSCCC2(C)C)cc1Cl. The number of hydrogen-bond donors (Lipinski definition) is 1. The molecule has 1 N–H and O–H groups in total. The lowest BCUT2D eigenvalue weighted by molar-refractivity contribution is 0.242. The molecule has 1 heterocycles. The number of halogens is 1. The molecule has 20 heavy (non-hydrogen) atoms. The summed E-state index contributed by atoms with van der Waals surface area (Å²) in [7, 11) is 0. The van der Waals surface area contributed by atoms with Gasteiger partial charge in [0.15, 0.2) is 0 Å². The molecule has 4 heteroatoms. The highest BCUT2D eigenvalue weighted by Crippen LogP contribution is 2.37. The molecule has 1 aromatic rings. The minimum absolute atomic E-state index is 0.139. The van der Waals surface area contributed by atoms with Gasteiger partial charge in [0.2, 0.25) is 0 Å². The third-order valence-electron chi connectivity index (χ3n) is 3.75. The summed E-state index contributed by atoms with van der Waals surface area (Å²) in [5.74, 6) is 3.16. The van der Waals surface area contributed by atoms with E-state index in [1.807, 2.05) is 37.7 Å². The molecule has 1 aliphatic rings. The lowest BCUT2D eigenvalue weighted by atomic mass is 9.82. The molecule has 0 aliphatic carbocycles. The summed E-state index contributed by atoms with van der Waals surface area (Å²) >= 11 is 8.31. The average Bonchev–Trinajstić information content (AvgIpc) is 2.35. The number of anilines is 1. The summed E-state index contributed by atoms with van der Waals surface area (Å²) < 4.78 is 5.67. The topological polar surface area (TPSA) is 21.3 Å². The van der Waals surface area contributed by atoms with E-state index in [-0.39, 0.29) is 6.10 Å². The predicted molar refractivity (Wildman–Crippen MR) is 90.3 cm³/mol. The molecular formula is C16H24ClNOS. The van der Waals surface area contributed by atoms with Crippen molar-refractivity contribution in [3.8, 4) is 5.75 Å². The first-order chi connectivity index (χ1) is 9.38. The maximum atomic E-state index is 6.29. The van der Waals surface area contributed by atoms with E-state index in [1.165, 1.54) is 12.2 Å². The zero-order valence-corrected chi connectivity index (χ0v) is 14.3. The van der Waals surface area contributed by atoms with Gasteiger partial charge in [-0.05, 0) is 49.6 Å². The molecule has 1 saturated heterocycles. The van der Waals surface area contributed by atoms with Crippen LogP contribution in [0.2, 0.25) is 5.02 Å². The standard InChI is InChI=1S/C16H24ClNOS/c1-11(2)19-14-6-5-12(9-13(14)17)18-15-10-20-8-7-16(15,3)4/h5-6,9,11,15,18H,7-8,10H2,1-4H3. The van der Waals surface area contributed by atoms with E-state index < -0.39 is 0 Å². The molecule has 0 aromatic heterocycles. The zero-order valence-electron chi connectivity index (χ0n) is 12.7. The van der Waals surface area contributed by atoms with Crippen molar-refractivity contribution in [3.63, 3.8) is 0 Å². The van der Waals surface area contributed by atoms with Gasteiger partial charge in [-0.25, -0.2) is 0 Å². The number of benzene rings is 1. The minimum atomic E-state index is 0.139. The Labute approximate surface area is 131 Å². The minimum Gasteiger partial charge on any atom is -0.489 e. The van der Waals surface area contributed by atoms with Gasteiger partial charge in [0.25, 0.3) is 0 Å². The van der Waals surface area contributed by atoms with Crippen LogP contribution in [0.3, 0.4) is 0 Å². The van der Waals surface area contributed by atoms with Crippen LogP contribution in [-0.4, -0.2) is 23.7 Å². The Hall–Kier alpha value is -0.540. The van der Waals surface area contributed by atoms with Crippen LogP contribution < -0.4 is 10.1 Å². The molecule has 0 saturated carbocycles. The summed E-state index contributed by atoms with van der Waals surface area (Å²) in [6, 6.07) is 6.45. The van der Waals surface area contributed by atoms with Crippen LogP contribution in [0.1, 0.15) is 34.1 Å². The average molecular weight is 314 g/mol. The lowest BCUT2D eigenvalue weighted by Gasteiger charge is -2.39. The molecule has 1 aliphatic heterocycles. The fourth-order valence-electron chi connectivity index (χ4n) is 2.31. The molecular weight excluding hydrogens is 290 g/mol. The van der Waals surface area contributed by atoms with Gasteiger partial charge < -0.3 is 10.1 Å². The van der Waals surface area contributed by atoms with Gasteiger partial charge in [0.1, 0.15) is 5.75 Å². The third kappa shape index (κ3) is 3.98. The molecule has 1 unspecified atom stereocenters. The van der Waals surface area contributed by atoms with Crippen molar-refractivity contribution >= 4 is 29.1 Å². The fraction of sp³-hybridized carbons (Fsp3) is 0.625. The monoisotopic (exact) mass is 313 g/mol. The predicted octanol–water partition coefficient (Wildman–Crippen LogP) is 5.07. The molecule has 112 valence electrons. The second-order valence-corrected chi connectivity index (χ2v) is 7.88. The first kappa shape index (κ1) is 15.8. The van der Waals surface area contributed by atoms with Crippen molar-refractivity contribution < 1.29 is 4.74 Å². The highest BCUT2D eigenvalue weighted by molar-refractivity contribution is 7.99. The Kier molecular flexibility index (Phi) is 5.14. The molecule has 1 aromatic carbocycles. The lowest BCUT2D eigenvalue weighted by Crippen LogP contribution is -2.41. The quantitative estimate of drug-likeness (QED) is 0.838. The molecule has 0 radical (unpaired) electrons. The van der Waals surface area contributed by atoms with Gasteiger partial charge >= 0.3 is 0 Å². The van der Waals surface area contributed by atoms with E-state index in [2.05, 4.69) is 25.2 Å². The smallest absolute Gasteiger partial charge is 0.138 e. The van der Waals surface area contributed by atoms with Crippen LogP contribution in [-0.2, 0) is 0 Å². The van der Waals surface area contributed by atoms with E-state index in [4.69, 9.17) is 16.3 Å². The van der Waals surface area contributed by atoms with E-state index in [1.54, 1.807) is 0 Å². The Balaban J connectivity index is 2.08. The van der Waals surface area contributed by atoms with Crippen molar-refractivity contribution in [1.29, 1.82) is 0 Å². The van der Waals surface area contributed by atoms with E-state index in [0.717, 1.165) is 17.2 Å². The number of nitrogens with one attached hydrogen (secondary N) is 1. The van der Waals surface area contributed by atoms with Gasteiger partial charge in [-0.15, -0.1) is 0 Å². The highest BCUT2D eigenvalue weighted by atomic mass is 35.5. The summed E-state index contributed by atoms with van der Waals surface area (Å²) in [5.41, 5.74) is 1.40. The summed E-state index contributed by atoms with van der Waals surface area (Å²) in [6.07, 6.45) is 1.39. The van der Waals surface area contributed by atoms with Gasteiger partial charge in [-0.2, -0.15) is 11.8 Å². The van der Waals surface area contributed by atoms with Crippen LogP contribution in [0.15, 0.2) is 18.2 Å². The van der Waals surface area contributed by atoms with Crippen LogP contribution in [0.4, 0.5) is 5.69 Å². The van der Waals surface area contributed by atoms with Gasteiger partial charge in [-0.1, -0.05) is 25.4 Å². The zero-order chi connectivity index (χ0) is 14.8. The Morgan fingerprint density at radius 1 is 1.40 bits per heavy atom. The largest absolute Gasteiger partial charge is 0.489 e. The number of thioether (sulfide) groups is 1. The van der Waals surface area contributed by atoms with Crippen LogP contribution in [0, 0.1) is 5.41 Å². The van der Waals surface area contributed by atoms with Crippen molar-refractivity contribution in [3.05, 3.63) is 23.2 Å². The van der Waals surface area contributed by atoms with Crippen molar-refractivity contribution in [2.75, 3.05) is 16.8 Å². The van der Waals surface area contributed by atoms with E-state index >= 15 is 0 Å². The number of rotatable bonds is 4. The second-order valence-electron chi connectivity index (χ2n) is 6.32. The Morgan fingerprint density at radius 3 is 2.75 bits per heavy atom. The normalized spacial score (nSPS) is 21.8. The van der Waals surface area contributed by atoms with E-state index in [9.17, 15) is 0 Å². The maximum Gasteiger partial charge on any atom is 0.138 e. The molecule has 2 rings (SSSR count). The van der Waals surface area contributed by atoms with Gasteiger partial charge in [-0.3, -0.25) is 0 Å². The number of hydrogen-bond acceptors (Lipinski definition) is 3. The van der Waals surface area contributed by atoms with Crippen molar-refractivity contribution in [1.82, 2.24) is 0 Å². The molecule has 2 nitrogen and oxygen atoms in total. The van der Waals surface area contributed by atoms with Crippen LogP contribution >= 0.6 is 23.4 Å². The summed E-state index contributed by atoms with van der Waals surface area (Å²) in [6.45, 7) is 8.68. The Morgan fingerprint density at radius 2 is 2.15 bits per heavy atom. The first-order valence-corrected chi connectivity index (χ1v) is 8.72. The molecule has 0 spiro atoms. The van der Waals surface area contributed by atoms with Gasteiger partial charge in [0.05, 0.1) is 11.1 Å². The maximum absolute atomic E-state index is 6.29. The van der Waals surface area contributed by atoms with Crippen molar-refractivity contribution in [2.24, 2.45) is 5.41 Å². The molecule has 0 amide bonds. The summed E-state index contributed by atoms with van der Waals surface area (Å²) in [5, 5.41) is 4.30. The molecule has 0 bridgehead atoms. The highest BCUT2D eigenvalue weighted by Gasteiger charge is 2.32. The third-order valence-corrected chi connectivity index (χ3v) is 5.11. The van der Waals surface area contributed by atoms with Crippen molar-refractivity contribution in [2.45, 2.75) is 46.3 Å².